The molecule has 0 fully saturated rings. The van der Waals surface area contributed by atoms with Crippen LogP contribution < -0.4 is 15.8 Å². The number of hydrogen-bond donors (Lipinski definition) is 2. The van der Waals surface area contributed by atoms with Gasteiger partial charge in [0.2, 0.25) is 11.8 Å². The number of nitrogens with one attached hydrogen (secondary N) is 1. The van der Waals surface area contributed by atoms with Gasteiger partial charge in [0, 0.05) is 12.6 Å². The lowest BCUT2D eigenvalue weighted by Gasteiger charge is -2.09. The third-order valence-electron chi connectivity index (χ3n) is 3.57. The van der Waals surface area contributed by atoms with E-state index in [-0.39, 0.29) is 5.95 Å². The molecule has 0 aliphatic heterocycles. The van der Waals surface area contributed by atoms with Gasteiger partial charge >= 0.3 is 0 Å². The average Bonchev–Trinajstić information content (AvgIpc) is 2.92. The minimum atomic E-state index is 0.215. The number of hydrogen-bond acceptors (Lipinski definition) is 5. The summed E-state index contributed by atoms with van der Waals surface area (Å²) in [7, 11) is 0. The lowest BCUT2D eigenvalue weighted by atomic mass is 10.1. The molecule has 0 radical (unpaired) electrons. The van der Waals surface area contributed by atoms with Crippen molar-refractivity contribution in [2.75, 3.05) is 17.6 Å². The Labute approximate surface area is 124 Å². The summed E-state index contributed by atoms with van der Waals surface area (Å²) in [6, 6.07) is 8.00. The summed E-state index contributed by atoms with van der Waals surface area (Å²) >= 11 is 0. The number of rotatable bonds is 5. The smallest absolute Gasteiger partial charge is 0.226 e. The molecular formula is C16H20N4O. The zero-order valence-electron chi connectivity index (χ0n) is 12.2. The number of nitrogens with two attached hydrogens (primary N) is 1. The molecule has 0 saturated carbocycles. The zero-order chi connectivity index (χ0) is 14.7. The maximum absolute atomic E-state index is 5.83. The molecule has 3 rings (SSSR count). The van der Waals surface area contributed by atoms with Gasteiger partial charge in [-0.1, -0.05) is 13.0 Å². The molecule has 21 heavy (non-hydrogen) atoms. The van der Waals surface area contributed by atoms with Crippen LogP contribution in [0.3, 0.4) is 0 Å². The van der Waals surface area contributed by atoms with Gasteiger partial charge in [-0.05, 0) is 48.9 Å². The summed E-state index contributed by atoms with van der Waals surface area (Å²) in [4.78, 5) is 8.28. The van der Waals surface area contributed by atoms with Crippen molar-refractivity contribution in [1.29, 1.82) is 0 Å². The van der Waals surface area contributed by atoms with E-state index in [1.807, 2.05) is 6.07 Å². The van der Waals surface area contributed by atoms with Crippen LogP contribution in [0, 0.1) is 0 Å². The van der Waals surface area contributed by atoms with Crippen LogP contribution in [0.4, 0.5) is 11.8 Å². The van der Waals surface area contributed by atoms with Gasteiger partial charge in [-0.2, -0.15) is 9.97 Å². The molecule has 5 heteroatoms. The predicted molar refractivity (Wildman–Crippen MR) is 83.8 cm³/mol. The molecule has 1 aliphatic carbocycles. The SMILES string of the molecule is CCCNc1cc(Oc2ccc3c(c2)CCC3)nc(N)n1. The summed E-state index contributed by atoms with van der Waals surface area (Å²) in [5.41, 5.74) is 8.53. The Hall–Kier alpha value is -2.30. The van der Waals surface area contributed by atoms with E-state index in [2.05, 4.69) is 34.3 Å². The van der Waals surface area contributed by atoms with Crippen LogP contribution in [0.25, 0.3) is 0 Å². The fourth-order valence-electron chi connectivity index (χ4n) is 2.57. The minimum Gasteiger partial charge on any atom is -0.439 e. The molecule has 0 bridgehead atoms. The standard InChI is InChI=1S/C16H20N4O/c1-2-8-18-14-10-15(20-16(17)19-14)21-13-7-6-11-4-3-5-12(11)9-13/h6-7,9-10H,2-5,8H2,1H3,(H3,17,18,19,20). The molecule has 3 N–H and O–H groups in total. The number of fused-ring (bicyclic) bond motifs is 1. The molecule has 0 atom stereocenters. The van der Waals surface area contributed by atoms with E-state index < -0.39 is 0 Å². The molecule has 1 aromatic carbocycles. The molecule has 5 nitrogen and oxygen atoms in total. The largest absolute Gasteiger partial charge is 0.439 e. The first kappa shape index (κ1) is 13.7. The Balaban J connectivity index is 1.79. The van der Waals surface area contributed by atoms with Crippen LogP contribution in [0.15, 0.2) is 24.3 Å². The summed E-state index contributed by atoms with van der Waals surface area (Å²) in [6.07, 6.45) is 4.54. The van der Waals surface area contributed by atoms with Crippen LogP contribution in [-0.4, -0.2) is 16.5 Å². The Morgan fingerprint density at radius 1 is 1.19 bits per heavy atom. The first-order chi connectivity index (χ1) is 10.2. The topological polar surface area (TPSA) is 73.1 Å². The summed E-state index contributed by atoms with van der Waals surface area (Å²) in [5, 5.41) is 3.19. The second-order valence-corrected chi connectivity index (χ2v) is 5.26. The van der Waals surface area contributed by atoms with Gasteiger partial charge in [-0.15, -0.1) is 0 Å². The maximum Gasteiger partial charge on any atom is 0.226 e. The number of benzene rings is 1. The normalized spacial score (nSPS) is 13.0. The van der Waals surface area contributed by atoms with Crippen LogP contribution in [0.5, 0.6) is 11.6 Å². The van der Waals surface area contributed by atoms with Crippen LogP contribution in [0.2, 0.25) is 0 Å². The van der Waals surface area contributed by atoms with Crippen LogP contribution in [0.1, 0.15) is 30.9 Å². The quantitative estimate of drug-likeness (QED) is 0.882. The number of nitrogens with zero attached hydrogens (tertiary/aromatic N) is 2. The highest BCUT2D eigenvalue weighted by molar-refractivity contribution is 5.45. The predicted octanol–water partition coefficient (Wildman–Crippen LogP) is 3.16. The molecule has 0 unspecified atom stereocenters. The van der Waals surface area contributed by atoms with Crippen molar-refractivity contribution in [3.63, 3.8) is 0 Å². The molecular weight excluding hydrogens is 264 g/mol. The molecule has 110 valence electrons. The van der Waals surface area contributed by atoms with E-state index in [0.717, 1.165) is 25.1 Å². The third kappa shape index (κ3) is 3.24. The molecule has 0 spiro atoms. The van der Waals surface area contributed by atoms with E-state index in [1.54, 1.807) is 6.07 Å². The van der Waals surface area contributed by atoms with E-state index in [4.69, 9.17) is 10.5 Å². The average molecular weight is 284 g/mol. The number of aryl methyl sites for hydroxylation is 2. The van der Waals surface area contributed by atoms with Gasteiger partial charge in [0.15, 0.2) is 0 Å². The van der Waals surface area contributed by atoms with E-state index in [9.17, 15) is 0 Å². The highest BCUT2D eigenvalue weighted by Gasteiger charge is 2.12. The maximum atomic E-state index is 5.83. The van der Waals surface area contributed by atoms with Crippen molar-refractivity contribution in [3.05, 3.63) is 35.4 Å². The highest BCUT2D eigenvalue weighted by Crippen LogP contribution is 2.29. The van der Waals surface area contributed by atoms with Crippen molar-refractivity contribution in [2.45, 2.75) is 32.6 Å². The van der Waals surface area contributed by atoms with E-state index >= 15 is 0 Å². The van der Waals surface area contributed by atoms with Gasteiger partial charge in [-0.3, -0.25) is 0 Å². The molecule has 0 saturated heterocycles. The molecule has 1 heterocycles. The second kappa shape index (κ2) is 5.99. The Morgan fingerprint density at radius 3 is 2.90 bits per heavy atom. The summed E-state index contributed by atoms with van der Waals surface area (Å²) < 4.78 is 5.83. The van der Waals surface area contributed by atoms with Gasteiger partial charge in [0.25, 0.3) is 0 Å². The van der Waals surface area contributed by atoms with Gasteiger partial charge < -0.3 is 15.8 Å². The Kier molecular flexibility index (Phi) is 3.90. The van der Waals surface area contributed by atoms with Crippen molar-refractivity contribution < 1.29 is 4.74 Å². The first-order valence-electron chi connectivity index (χ1n) is 7.42. The van der Waals surface area contributed by atoms with Gasteiger partial charge in [0.05, 0.1) is 0 Å². The monoisotopic (exact) mass is 284 g/mol. The van der Waals surface area contributed by atoms with Crippen LogP contribution in [-0.2, 0) is 12.8 Å². The van der Waals surface area contributed by atoms with E-state index in [1.165, 1.54) is 24.0 Å². The third-order valence-corrected chi connectivity index (χ3v) is 3.57. The fourth-order valence-corrected chi connectivity index (χ4v) is 2.57. The lowest BCUT2D eigenvalue weighted by Crippen LogP contribution is -2.05. The van der Waals surface area contributed by atoms with Crippen molar-refractivity contribution >= 4 is 11.8 Å². The minimum absolute atomic E-state index is 0.215. The molecule has 1 aromatic heterocycles. The highest BCUT2D eigenvalue weighted by atomic mass is 16.5. The molecule has 2 aromatic rings. The zero-order valence-corrected chi connectivity index (χ0v) is 12.2. The van der Waals surface area contributed by atoms with Gasteiger partial charge in [-0.25, -0.2) is 0 Å². The van der Waals surface area contributed by atoms with Crippen molar-refractivity contribution in [2.24, 2.45) is 0 Å². The van der Waals surface area contributed by atoms with E-state index in [0.29, 0.717) is 11.7 Å². The van der Waals surface area contributed by atoms with Crippen LogP contribution >= 0.6 is 0 Å². The second-order valence-electron chi connectivity index (χ2n) is 5.26. The van der Waals surface area contributed by atoms with Gasteiger partial charge in [0.1, 0.15) is 11.6 Å². The lowest BCUT2D eigenvalue weighted by molar-refractivity contribution is 0.462. The Morgan fingerprint density at radius 2 is 2.05 bits per heavy atom. The summed E-state index contributed by atoms with van der Waals surface area (Å²) in [5.74, 6) is 2.18. The van der Waals surface area contributed by atoms with Crippen molar-refractivity contribution in [3.8, 4) is 11.6 Å². The number of ether oxygens (including phenoxy) is 1. The molecule has 1 aliphatic rings. The number of anilines is 2. The number of aromatic nitrogens is 2. The summed E-state index contributed by atoms with van der Waals surface area (Å²) in [6.45, 7) is 2.94. The van der Waals surface area contributed by atoms with Crippen molar-refractivity contribution in [1.82, 2.24) is 9.97 Å². The molecule has 0 amide bonds. The fraction of sp³-hybridized carbons (Fsp3) is 0.375. The Bertz CT molecular complexity index is 642. The first-order valence-corrected chi connectivity index (χ1v) is 7.42. The number of nitrogen functional groups attached to an aromatic ring is 1.